The van der Waals surface area contributed by atoms with E-state index in [-0.39, 0.29) is 11.5 Å². The van der Waals surface area contributed by atoms with Crippen LogP contribution in [0.4, 0.5) is 11.5 Å². The van der Waals surface area contributed by atoms with Crippen molar-refractivity contribution in [3.05, 3.63) is 69.9 Å². The lowest BCUT2D eigenvalue weighted by Gasteiger charge is -2.17. The van der Waals surface area contributed by atoms with E-state index in [4.69, 9.17) is 40.2 Å². The Bertz CT molecular complexity index is 1240. The molecule has 1 atom stereocenters. The molecule has 7 nitrogen and oxygen atoms in total. The molecule has 0 saturated carbocycles. The van der Waals surface area contributed by atoms with E-state index in [9.17, 15) is 0 Å². The molecule has 0 aliphatic carbocycles. The molecule has 3 heterocycles. The average molecular weight is 425 g/mol. The van der Waals surface area contributed by atoms with Crippen LogP contribution < -0.4 is 10.5 Å². The Kier molecular flexibility index (Phi) is 4.97. The van der Waals surface area contributed by atoms with Gasteiger partial charge in [0.15, 0.2) is 0 Å². The van der Waals surface area contributed by atoms with Gasteiger partial charge in [0.25, 0.3) is 0 Å². The molecule has 0 radical (unpaired) electrons. The summed E-state index contributed by atoms with van der Waals surface area (Å²) in [7, 11) is 0. The smallest absolute Gasteiger partial charge is 0.228 e. The molecule has 3 N–H and O–H groups in total. The van der Waals surface area contributed by atoms with Crippen LogP contribution in [0.2, 0.25) is 10.0 Å². The van der Waals surface area contributed by atoms with E-state index in [1.807, 2.05) is 25.1 Å². The molecule has 9 heteroatoms. The molecule has 0 aliphatic rings. The summed E-state index contributed by atoms with van der Waals surface area (Å²) in [5.74, 6) is 0.804. The van der Waals surface area contributed by atoms with Gasteiger partial charge in [0, 0.05) is 35.1 Å². The third-order valence-corrected chi connectivity index (χ3v) is 5.04. The standard InChI is InChI=1S/C20H14Cl2N6O/c1-10(18-14(21)8-25-9-15(18)22)29-12-3-4-16-13(6-12)19(28-27-16)11-5-17(24-2)20(23)26-7-11/h3-10H,1H3,(H2,23,26)(H,27,28)/t10-/m1/s1. The van der Waals surface area contributed by atoms with Crippen molar-refractivity contribution in [2.45, 2.75) is 13.0 Å². The number of halogens is 2. The maximum atomic E-state index is 7.23. The highest BCUT2D eigenvalue weighted by atomic mass is 35.5. The molecule has 144 valence electrons. The molecule has 0 amide bonds. The monoisotopic (exact) mass is 424 g/mol. The second-order valence-corrected chi connectivity index (χ2v) is 7.11. The van der Waals surface area contributed by atoms with Gasteiger partial charge in [-0.25, -0.2) is 4.85 Å². The average Bonchev–Trinajstić information content (AvgIpc) is 3.11. The Balaban J connectivity index is 1.72. The number of H-pyrrole nitrogens is 1. The van der Waals surface area contributed by atoms with E-state index in [1.54, 1.807) is 12.3 Å². The van der Waals surface area contributed by atoms with E-state index in [0.29, 0.717) is 32.6 Å². The highest BCUT2D eigenvalue weighted by Gasteiger charge is 2.17. The normalized spacial score (nSPS) is 11.9. The quantitative estimate of drug-likeness (QED) is 0.415. The van der Waals surface area contributed by atoms with Crippen LogP contribution in [-0.2, 0) is 0 Å². The minimum absolute atomic E-state index is 0.188. The van der Waals surface area contributed by atoms with Crippen molar-refractivity contribution < 1.29 is 4.74 Å². The molecular formula is C20H14Cl2N6O. The van der Waals surface area contributed by atoms with Crippen molar-refractivity contribution in [2.24, 2.45) is 0 Å². The highest BCUT2D eigenvalue weighted by molar-refractivity contribution is 6.35. The second kappa shape index (κ2) is 7.59. The minimum Gasteiger partial charge on any atom is -0.486 e. The van der Waals surface area contributed by atoms with Gasteiger partial charge in [0.1, 0.15) is 23.4 Å². The van der Waals surface area contributed by atoms with Crippen molar-refractivity contribution in [2.75, 3.05) is 5.73 Å². The minimum atomic E-state index is -0.391. The number of hydrogen-bond donors (Lipinski definition) is 2. The van der Waals surface area contributed by atoms with Gasteiger partial charge in [-0.2, -0.15) is 5.10 Å². The van der Waals surface area contributed by atoms with E-state index >= 15 is 0 Å². The third-order valence-electron chi connectivity index (χ3n) is 4.44. The topological polar surface area (TPSA) is 94.1 Å². The fourth-order valence-corrected chi connectivity index (χ4v) is 3.71. The Morgan fingerprint density at radius 3 is 2.66 bits per heavy atom. The lowest BCUT2D eigenvalue weighted by Crippen LogP contribution is -2.05. The van der Waals surface area contributed by atoms with Crippen LogP contribution in [0.15, 0.2) is 42.9 Å². The first-order chi connectivity index (χ1) is 14.0. The van der Waals surface area contributed by atoms with Crippen molar-refractivity contribution >= 4 is 45.6 Å². The molecule has 0 unspecified atom stereocenters. The molecule has 4 aromatic rings. The predicted octanol–water partition coefficient (Wildman–Crippen LogP) is 5.60. The highest BCUT2D eigenvalue weighted by Crippen LogP contribution is 2.35. The Morgan fingerprint density at radius 1 is 1.17 bits per heavy atom. The number of ether oxygens (including phenoxy) is 1. The van der Waals surface area contributed by atoms with Crippen molar-refractivity contribution in [1.29, 1.82) is 0 Å². The maximum absolute atomic E-state index is 7.23. The van der Waals surface area contributed by atoms with Gasteiger partial charge < -0.3 is 10.5 Å². The molecule has 0 saturated heterocycles. The van der Waals surface area contributed by atoms with Gasteiger partial charge >= 0.3 is 0 Å². The van der Waals surface area contributed by atoms with E-state index in [1.165, 1.54) is 12.4 Å². The molecule has 0 fully saturated rings. The van der Waals surface area contributed by atoms with Crippen LogP contribution >= 0.6 is 23.2 Å². The van der Waals surface area contributed by atoms with Crippen molar-refractivity contribution in [3.8, 4) is 17.0 Å². The number of benzene rings is 1. The molecule has 29 heavy (non-hydrogen) atoms. The summed E-state index contributed by atoms with van der Waals surface area (Å²) in [6, 6.07) is 7.22. The molecule has 4 rings (SSSR count). The number of hydrogen-bond acceptors (Lipinski definition) is 5. The molecule has 0 spiro atoms. The van der Waals surface area contributed by atoms with Crippen LogP contribution in [0.25, 0.3) is 27.0 Å². The van der Waals surface area contributed by atoms with Crippen LogP contribution in [0, 0.1) is 6.57 Å². The molecule has 0 aliphatic heterocycles. The zero-order chi connectivity index (χ0) is 20.5. The summed E-state index contributed by atoms with van der Waals surface area (Å²) in [6.45, 7) is 9.09. The number of anilines is 1. The zero-order valence-corrected chi connectivity index (χ0v) is 16.7. The summed E-state index contributed by atoms with van der Waals surface area (Å²) in [5.41, 5.74) is 8.82. The predicted molar refractivity (Wildman–Crippen MR) is 113 cm³/mol. The van der Waals surface area contributed by atoms with Gasteiger partial charge in [-0.3, -0.25) is 15.1 Å². The van der Waals surface area contributed by atoms with E-state index in [0.717, 1.165) is 10.9 Å². The largest absolute Gasteiger partial charge is 0.486 e. The van der Waals surface area contributed by atoms with E-state index in [2.05, 4.69) is 25.0 Å². The number of pyridine rings is 2. The number of aromatic nitrogens is 4. The fourth-order valence-electron chi connectivity index (χ4n) is 3.04. The lowest BCUT2D eigenvalue weighted by molar-refractivity contribution is 0.227. The summed E-state index contributed by atoms with van der Waals surface area (Å²) in [6.07, 6.45) is 4.26. The summed E-state index contributed by atoms with van der Waals surface area (Å²) in [5, 5.41) is 9.04. The number of nitrogen functional groups attached to an aromatic ring is 1. The Labute approximate surface area is 176 Å². The Morgan fingerprint density at radius 2 is 1.93 bits per heavy atom. The fraction of sp³-hybridized carbons (Fsp3) is 0.100. The molecular weight excluding hydrogens is 411 g/mol. The van der Waals surface area contributed by atoms with Crippen LogP contribution in [0.1, 0.15) is 18.6 Å². The van der Waals surface area contributed by atoms with Gasteiger partial charge in [-0.1, -0.05) is 23.2 Å². The van der Waals surface area contributed by atoms with Gasteiger partial charge in [-0.15, -0.1) is 0 Å². The van der Waals surface area contributed by atoms with Gasteiger partial charge in [-0.05, 0) is 31.2 Å². The SMILES string of the molecule is [C-]#[N+]c1cc(-c2n[nH]c3ccc(O[C@H](C)c4c(Cl)cncc4Cl)cc23)cnc1N. The van der Waals surface area contributed by atoms with Crippen LogP contribution in [0.3, 0.4) is 0 Å². The molecule has 0 bridgehead atoms. The van der Waals surface area contributed by atoms with Crippen molar-refractivity contribution in [3.63, 3.8) is 0 Å². The number of aromatic amines is 1. The van der Waals surface area contributed by atoms with Gasteiger partial charge in [0.05, 0.1) is 22.1 Å². The maximum Gasteiger partial charge on any atom is 0.228 e. The van der Waals surface area contributed by atoms with Gasteiger partial charge in [0.2, 0.25) is 5.69 Å². The first kappa shape index (κ1) is 19.0. The number of rotatable bonds is 4. The summed E-state index contributed by atoms with van der Waals surface area (Å²) in [4.78, 5) is 11.4. The number of fused-ring (bicyclic) bond motifs is 1. The van der Waals surface area contributed by atoms with Crippen molar-refractivity contribution in [1.82, 2.24) is 20.2 Å². The third kappa shape index (κ3) is 3.56. The Hall–Kier alpha value is -3.34. The van der Waals surface area contributed by atoms with E-state index < -0.39 is 6.10 Å². The number of nitrogens with two attached hydrogens (primary N) is 1. The molecule has 1 aromatic carbocycles. The number of nitrogens with one attached hydrogen (secondary N) is 1. The lowest BCUT2D eigenvalue weighted by atomic mass is 10.1. The summed E-state index contributed by atoms with van der Waals surface area (Å²) < 4.78 is 6.07. The second-order valence-electron chi connectivity index (χ2n) is 6.30. The summed E-state index contributed by atoms with van der Waals surface area (Å²) >= 11 is 12.5. The van der Waals surface area contributed by atoms with Crippen LogP contribution in [-0.4, -0.2) is 20.2 Å². The molecule has 3 aromatic heterocycles. The number of nitrogens with zero attached hydrogens (tertiary/aromatic N) is 4. The first-order valence-electron chi connectivity index (χ1n) is 8.55. The zero-order valence-electron chi connectivity index (χ0n) is 15.1. The first-order valence-corrected chi connectivity index (χ1v) is 9.30. The van der Waals surface area contributed by atoms with Crippen LogP contribution in [0.5, 0.6) is 5.75 Å².